The molecule has 0 unspecified atom stereocenters. The fourth-order valence-electron chi connectivity index (χ4n) is 1.11. The minimum atomic E-state index is -1.55. The number of carboxylic acids is 1. The minimum absolute atomic E-state index is 0.00290. The van der Waals surface area contributed by atoms with Gasteiger partial charge in [-0.25, -0.2) is 13.6 Å². The van der Waals surface area contributed by atoms with Gasteiger partial charge >= 0.3 is 5.97 Å². The van der Waals surface area contributed by atoms with Gasteiger partial charge in [-0.2, -0.15) is 0 Å². The Kier molecular flexibility index (Phi) is 4.38. The molecule has 0 aliphatic heterocycles. The van der Waals surface area contributed by atoms with Gasteiger partial charge in [0.1, 0.15) is 11.6 Å². The third-order valence-electron chi connectivity index (χ3n) is 1.94. The molecule has 6 heteroatoms. The Hall–Kier alpha value is -2.42. The second kappa shape index (κ2) is 5.77. The highest BCUT2D eigenvalue weighted by atomic mass is 19.1. The highest BCUT2D eigenvalue weighted by Gasteiger charge is 2.13. The number of benzene rings is 1. The van der Waals surface area contributed by atoms with Gasteiger partial charge in [-0.15, -0.1) is 0 Å². The molecule has 1 rings (SSSR count). The van der Waals surface area contributed by atoms with E-state index in [1.807, 2.05) is 0 Å². The monoisotopic (exact) mass is 253 g/mol. The summed E-state index contributed by atoms with van der Waals surface area (Å²) in [6.45, 7) is 1.29. The molecule has 0 fully saturated rings. The van der Waals surface area contributed by atoms with Gasteiger partial charge in [0.25, 0.3) is 0 Å². The van der Waals surface area contributed by atoms with E-state index in [0.29, 0.717) is 12.1 Å². The summed E-state index contributed by atoms with van der Waals surface area (Å²) < 4.78 is 26.6. The second-order valence-electron chi connectivity index (χ2n) is 3.33. The van der Waals surface area contributed by atoms with Crippen molar-refractivity contribution in [2.24, 2.45) is 0 Å². The first-order valence-electron chi connectivity index (χ1n) is 4.87. The summed E-state index contributed by atoms with van der Waals surface area (Å²) in [5, 5.41) is 10.9. The van der Waals surface area contributed by atoms with Crippen LogP contribution in [0.2, 0.25) is 0 Å². The molecule has 0 spiro atoms. The topological polar surface area (TPSA) is 66.4 Å². The van der Waals surface area contributed by atoms with Crippen LogP contribution in [0, 0.1) is 23.5 Å². The Balaban J connectivity index is 2.94. The summed E-state index contributed by atoms with van der Waals surface area (Å²) >= 11 is 0. The zero-order valence-electron chi connectivity index (χ0n) is 9.38. The largest absolute Gasteiger partial charge is 0.478 e. The number of carboxylic acid groups (broad SMARTS) is 1. The van der Waals surface area contributed by atoms with Gasteiger partial charge in [0, 0.05) is 6.92 Å². The average Bonchev–Trinajstić information content (AvgIpc) is 2.27. The maximum absolute atomic E-state index is 13.4. The molecule has 0 aliphatic carbocycles. The quantitative estimate of drug-likeness (QED) is 0.777. The molecule has 94 valence electrons. The molecule has 0 saturated carbocycles. The van der Waals surface area contributed by atoms with E-state index in [4.69, 9.17) is 5.11 Å². The van der Waals surface area contributed by atoms with Crippen LogP contribution in [0.3, 0.4) is 0 Å². The number of nitrogens with one attached hydrogen (secondary N) is 1. The molecule has 1 aromatic rings. The lowest BCUT2D eigenvalue weighted by Crippen LogP contribution is -2.19. The van der Waals surface area contributed by atoms with Gasteiger partial charge in [-0.1, -0.05) is 11.8 Å². The standard InChI is InChI=1S/C12H9F2NO3/c1-7(16)15-4-2-3-8-5-11(14)9(12(17)18)6-10(8)13/h5-6H,4H2,1H3,(H,15,16)(H,17,18). The number of halogens is 2. The first kappa shape index (κ1) is 13.6. The Morgan fingerprint density at radius 3 is 2.56 bits per heavy atom. The van der Waals surface area contributed by atoms with E-state index in [0.717, 1.165) is 0 Å². The van der Waals surface area contributed by atoms with E-state index in [9.17, 15) is 18.4 Å². The first-order valence-corrected chi connectivity index (χ1v) is 4.87. The smallest absolute Gasteiger partial charge is 0.338 e. The molecule has 1 amide bonds. The van der Waals surface area contributed by atoms with Crippen LogP contribution in [0.1, 0.15) is 22.8 Å². The fraction of sp³-hybridized carbons (Fsp3) is 0.167. The molecule has 4 nitrogen and oxygen atoms in total. The normalized spacial score (nSPS) is 9.28. The van der Waals surface area contributed by atoms with Crippen LogP contribution in [-0.2, 0) is 4.79 Å². The van der Waals surface area contributed by atoms with Gasteiger partial charge in [-0.05, 0) is 12.1 Å². The summed E-state index contributed by atoms with van der Waals surface area (Å²) in [6, 6.07) is 1.28. The Labute approximate surface area is 102 Å². The molecule has 0 saturated heterocycles. The maximum atomic E-state index is 13.4. The van der Waals surface area contributed by atoms with Crippen molar-refractivity contribution in [3.8, 4) is 11.8 Å². The number of amides is 1. The van der Waals surface area contributed by atoms with Crippen molar-refractivity contribution in [1.29, 1.82) is 0 Å². The van der Waals surface area contributed by atoms with E-state index in [1.165, 1.54) is 6.92 Å². The third kappa shape index (κ3) is 3.56. The van der Waals surface area contributed by atoms with Crippen LogP contribution >= 0.6 is 0 Å². The summed E-state index contributed by atoms with van der Waals surface area (Å²) in [5.74, 6) is 0.881. The van der Waals surface area contributed by atoms with E-state index >= 15 is 0 Å². The lowest BCUT2D eigenvalue weighted by atomic mass is 10.1. The Bertz CT molecular complexity index is 558. The molecule has 0 atom stereocenters. The lowest BCUT2D eigenvalue weighted by Gasteiger charge is -2.00. The Morgan fingerprint density at radius 2 is 2.00 bits per heavy atom. The van der Waals surface area contributed by atoms with Crippen molar-refractivity contribution in [2.45, 2.75) is 6.92 Å². The summed E-state index contributed by atoms with van der Waals surface area (Å²) in [7, 11) is 0. The summed E-state index contributed by atoms with van der Waals surface area (Å²) in [4.78, 5) is 21.0. The average molecular weight is 253 g/mol. The number of carbonyl (C=O) groups is 2. The molecule has 2 N–H and O–H groups in total. The zero-order chi connectivity index (χ0) is 13.7. The Morgan fingerprint density at radius 1 is 1.33 bits per heavy atom. The number of hydrogen-bond donors (Lipinski definition) is 2. The molecular weight excluding hydrogens is 244 g/mol. The SMILES string of the molecule is CC(=O)NCC#Cc1cc(F)c(C(=O)O)cc1F. The highest BCUT2D eigenvalue weighted by molar-refractivity contribution is 5.88. The molecule has 0 aromatic heterocycles. The molecule has 1 aromatic carbocycles. The number of rotatable bonds is 2. The first-order chi connectivity index (χ1) is 8.41. The van der Waals surface area contributed by atoms with Gasteiger partial charge in [0.2, 0.25) is 5.91 Å². The van der Waals surface area contributed by atoms with Crippen LogP contribution in [-0.4, -0.2) is 23.5 Å². The lowest BCUT2D eigenvalue weighted by molar-refractivity contribution is -0.118. The van der Waals surface area contributed by atoms with Crippen molar-refractivity contribution in [2.75, 3.05) is 6.54 Å². The zero-order valence-corrected chi connectivity index (χ0v) is 9.38. The van der Waals surface area contributed by atoms with Crippen molar-refractivity contribution in [3.63, 3.8) is 0 Å². The van der Waals surface area contributed by atoms with Crippen molar-refractivity contribution < 1.29 is 23.5 Å². The maximum Gasteiger partial charge on any atom is 0.338 e. The van der Waals surface area contributed by atoms with Gasteiger partial charge < -0.3 is 10.4 Å². The molecular formula is C12H9F2NO3. The summed E-state index contributed by atoms with van der Waals surface area (Å²) in [5.41, 5.74) is -1.01. The van der Waals surface area contributed by atoms with Crippen molar-refractivity contribution in [1.82, 2.24) is 5.32 Å². The minimum Gasteiger partial charge on any atom is -0.478 e. The predicted molar refractivity (Wildman–Crippen MR) is 58.9 cm³/mol. The van der Waals surface area contributed by atoms with Crippen LogP contribution in [0.5, 0.6) is 0 Å². The van der Waals surface area contributed by atoms with Crippen molar-refractivity contribution in [3.05, 3.63) is 34.9 Å². The molecule has 0 heterocycles. The fourth-order valence-corrected chi connectivity index (χ4v) is 1.11. The van der Waals surface area contributed by atoms with Gasteiger partial charge in [0.05, 0.1) is 17.7 Å². The van der Waals surface area contributed by atoms with Crippen LogP contribution in [0.25, 0.3) is 0 Å². The summed E-state index contributed by atoms with van der Waals surface area (Å²) in [6.07, 6.45) is 0. The molecule has 0 radical (unpaired) electrons. The number of hydrogen-bond acceptors (Lipinski definition) is 2. The second-order valence-corrected chi connectivity index (χ2v) is 3.33. The van der Waals surface area contributed by atoms with Gasteiger partial charge in [0.15, 0.2) is 0 Å². The number of carbonyl (C=O) groups excluding carboxylic acids is 1. The van der Waals surface area contributed by atoms with Crippen LogP contribution in [0.15, 0.2) is 12.1 Å². The highest BCUT2D eigenvalue weighted by Crippen LogP contribution is 2.14. The van der Waals surface area contributed by atoms with E-state index in [2.05, 4.69) is 17.2 Å². The van der Waals surface area contributed by atoms with Gasteiger partial charge in [-0.3, -0.25) is 4.79 Å². The predicted octanol–water partition coefficient (Wildman–Crippen LogP) is 1.15. The molecule has 0 aliphatic rings. The van der Waals surface area contributed by atoms with Crippen LogP contribution < -0.4 is 5.32 Å². The van der Waals surface area contributed by atoms with Crippen LogP contribution in [0.4, 0.5) is 8.78 Å². The molecule has 18 heavy (non-hydrogen) atoms. The van der Waals surface area contributed by atoms with Crippen molar-refractivity contribution >= 4 is 11.9 Å². The van der Waals surface area contributed by atoms with E-state index in [-0.39, 0.29) is 18.0 Å². The third-order valence-corrected chi connectivity index (χ3v) is 1.94. The number of aromatic carboxylic acids is 1. The van der Waals surface area contributed by atoms with E-state index in [1.54, 1.807) is 0 Å². The van der Waals surface area contributed by atoms with E-state index < -0.39 is 23.2 Å². The molecule has 0 bridgehead atoms.